The van der Waals surface area contributed by atoms with Crippen LogP contribution in [0.1, 0.15) is 29.0 Å². The van der Waals surface area contributed by atoms with E-state index in [0.29, 0.717) is 5.02 Å². The summed E-state index contributed by atoms with van der Waals surface area (Å²) in [4.78, 5) is 14.5. The summed E-state index contributed by atoms with van der Waals surface area (Å²) in [7, 11) is -1.98. The molecule has 8 heteroatoms. The standard InChI is InChI=1S/C26H25ClN2O4S/c1-29-13-12-19-2-3-20(14-21(19)16-29)24-15-26(24,25(30)31)28-34(32,33)23-10-6-18(7-11-23)17-4-8-22(27)9-5-17/h2-11,14,24,28H,12-13,15-16H2,1H3,(H,30,31). The van der Waals surface area contributed by atoms with E-state index in [1.807, 2.05) is 30.3 Å². The lowest BCUT2D eigenvalue weighted by Gasteiger charge is -2.25. The van der Waals surface area contributed by atoms with E-state index in [0.717, 1.165) is 36.2 Å². The second kappa shape index (κ2) is 8.50. The molecule has 176 valence electrons. The zero-order chi connectivity index (χ0) is 24.1. The van der Waals surface area contributed by atoms with Gasteiger partial charge in [0.15, 0.2) is 0 Å². The molecule has 3 aromatic carbocycles. The molecule has 0 saturated heterocycles. The molecule has 1 aliphatic carbocycles. The Kier molecular flexibility index (Phi) is 5.76. The SMILES string of the molecule is CN1CCc2ccc(C3CC3(NS(=O)(=O)c3ccc(-c4ccc(Cl)cc4)cc3)C(=O)O)cc2C1. The fourth-order valence-corrected chi connectivity index (χ4v) is 6.29. The number of aliphatic carboxylic acids is 1. The van der Waals surface area contributed by atoms with E-state index in [2.05, 4.69) is 16.7 Å². The first-order valence-corrected chi connectivity index (χ1v) is 13.0. The molecule has 1 saturated carbocycles. The number of halogens is 1. The van der Waals surface area contributed by atoms with E-state index in [9.17, 15) is 18.3 Å². The Hall–Kier alpha value is -2.71. The minimum atomic E-state index is -4.03. The molecule has 0 amide bonds. The zero-order valence-corrected chi connectivity index (χ0v) is 20.2. The molecule has 3 aromatic rings. The molecule has 0 aromatic heterocycles. The molecule has 0 bridgehead atoms. The summed E-state index contributed by atoms with van der Waals surface area (Å²) in [6.45, 7) is 1.80. The van der Waals surface area contributed by atoms with E-state index in [4.69, 9.17) is 11.6 Å². The van der Waals surface area contributed by atoms with Crippen LogP contribution in [0.3, 0.4) is 0 Å². The molecule has 2 unspecified atom stereocenters. The highest BCUT2D eigenvalue weighted by Gasteiger charge is 2.63. The Balaban J connectivity index is 1.38. The van der Waals surface area contributed by atoms with Gasteiger partial charge in [0.1, 0.15) is 5.54 Å². The summed E-state index contributed by atoms with van der Waals surface area (Å²) >= 11 is 5.94. The molecule has 1 fully saturated rings. The van der Waals surface area contributed by atoms with Crippen LogP contribution in [-0.4, -0.2) is 43.5 Å². The molecule has 2 N–H and O–H groups in total. The largest absolute Gasteiger partial charge is 0.480 e. The van der Waals surface area contributed by atoms with Crippen molar-refractivity contribution in [2.24, 2.45) is 0 Å². The highest BCUT2D eigenvalue weighted by atomic mass is 35.5. The lowest BCUT2D eigenvalue weighted by molar-refractivity contribution is -0.140. The van der Waals surface area contributed by atoms with Gasteiger partial charge in [0.05, 0.1) is 4.90 Å². The van der Waals surface area contributed by atoms with Crippen molar-refractivity contribution in [3.8, 4) is 11.1 Å². The predicted octanol–water partition coefficient (Wildman–Crippen LogP) is 4.28. The maximum atomic E-state index is 13.1. The van der Waals surface area contributed by atoms with Gasteiger partial charge < -0.3 is 10.0 Å². The van der Waals surface area contributed by atoms with E-state index in [-0.39, 0.29) is 11.3 Å². The Morgan fingerprint density at radius 3 is 2.32 bits per heavy atom. The average Bonchev–Trinajstić information content (AvgIpc) is 3.54. The van der Waals surface area contributed by atoms with E-state index in [1.54, 1.807) is 24.3 Å². The minimum Gasteiger partial charge on any atom is -0.480 e. The van der Waals surface area contributed by atoms with Gasteiger partial charge in [0.2, 0.25) is 10.0 Å². The van der Waals surface area contributed by atoms with Crippen molar-refractivity contribution in [1.82, 2.24) is 9.62 Å². The second-order valence-corrected chi connectivity index (χ2v) is 11.3. The molecule has 6 nitrogen and oxygen atoms in total. The second-order valence-electron chi connectivity index (χ2n) is 9.19. The first kappa shape index (κ1) is 23.1. The molecule has 0 radical (unpaired) electrons. The van der Waals surface area contributed by atoms with Crippen molar-refractivity contribution in [1.29, 1.82) is 0 Å². The minimum absolute atomic E-state index is 0.0311. The highest BCUT2D eigenvalue weighted by Crippen LogP contribution is 2.53. The molecule has 1 aliphatic heterocycles. The lowest BCUT2D eigenvalue weighted by atomic mass is 9.95. The molecule has 34 heavy (non-hydrogen) atoms. The smallest absolute Gasteiger partial charge is 0.325 e. The summed E-state index contributed by atoms with van der Waals surface area (Å²) in [6, 6.07) is 19.7. The molecule has 1 heterocycles. The monoisotopic (exact) mass is 496 g/mol. The summed E-state index contributed by atoms with van der Waals surface area (Å²) < 4.78 is 28.8. The number of benzene rings is 3. The van der Waals surface area contributed by atoms with Crippen LogP contribution in [0.25, 0.3) is 11.1 Å². The zero-order valence-electron chi connectivity index (χ0n) is 18.7. The van der Waals surface area contributed by atoms with Crippen LogP contribution >= 0.6 is 11.6 Å². The number of nitrogens with zero attached hydrogens (tertiary/aromatic N) is 1. The number of hydrogen-bond acceptors (Lipinski definition) is 4. The van der Waals surface area contributed by atoms with Crippen LogP contribution in [-0.2, 0) is 27.8 Å². The van der Waals surface area contributed by atoms with Crippen molar-refractivity contribution in [3.63, 3.8) is 0 Å². The van der Waals surface area contributed by atoms with Crippen molar-refractivity contribution in [3.05, 3.63) is 88.4 Å². The van der Waals surface area contributed by atoms with Crippen LogP contribution < -0.4 is 4.72 Å². The van der Waals surface area contributed by atoms with Gasteiger partial charge in [0.25, 0.3) is 0 Å². The Morgan fingerprint density at radius 1 is 1.03 bits per heavy atom. The first-order valence-electron chi connectivity index (χ1n) is 11.1. The number of likely N-dealkylation sites (N-methyl/N-ethyl adjacent to an activating group) is 1. The Labute approximate surface area is 204 Å². The van der Waals surface area contributed by atoms with Crippen LogP contribution in [0.2, 0.25) is 5.02 Å². The molecule has 0 spiro atoms. The number of carboxylic acids is 1. The molecule has 2 atom stereocenters. The van der Waals surface area contributed by atoms with Crippen LogP contribution in [0.5, 0.6) is 0 Å². The molecular weight excluding hydrogens is 472 g/mol. The van der Waals surface area contributed by atoms with Crippen molar-refractivity contribution < 1.29 is 18.3 Å². The van der Waals surface area contributed by atoms with Gasteiger partial charge in [-0.05, 0) is 72.0 Å². The van der Waals surface area contributed by atoms with Gasteiger partial charge in [-0.25, -0.2) is 8.42 Å². The van der Waals surface area contributed by atoms with Crippen molar-refractivity contribution in [2.45, 2.75) is 35.7 Å². The number of hydrogen-bond donors (Lipinski definition) is 2. The van der Waals surface area contributed by atoms with Crippen LogP contribution in [0.15, 0.2) is 71.6 Å². The Morgan fingerprint density at radius 2 is 1.68 bits per heavy atom. The van der Waals surface area contributed by atoms with Crippen LogP contribution in [0.4, 0.5) is 0 Å². The lowest BCUT2D eigenvalue weighted by Crippen LogP contribution is -2.44. The number of nitrogens with one attached hydrogen (secondary N) is 1. The number of fused-ring (bicyclic) bond motifs is 1. The topological polar surface area (TPSA) is 86.7 Å². The van der Waals surface area contributed by atoms with Gasteiger partial charge in [0, 0.05) is 24.0 Å². The molecular formula is C26H25ClN2O4S. The fraction of sp³-hybridized carbons (Fsp3) is 0.269. The number of sulfonamides is 1. The van der Waals surface area contributed by atoms with E-state index >= 15 is 0 Å². The third kappa shape index (κ3) is 4.25. The first-order chi connectivity index (χ1) is 16.2. The average molecular weight is 497 g/mol. The summed E-state index contributed by atoms with van der Waals surface area (Å²) in [5, 5.41) is 10.6. The maximum Gasteiger partial charge on any atom is 0.325 e. The Bertz CT molecular complexity index is 1360. The van der Waals surface area contributed by atoms with Gasteiger partial charge >= 0.3 is 5.97 Å². The molecule has 5 rings (SSSR count). The number of carbonyl (C=O) groups is 1. The van der Waals surface area contributed by atoms with Gasteiger partial charge in [-0.1, -0.05) is 54.1 Å². The van der Waals surface area contributed by atoms with Crippen LogP contribution in [0, 0.1) is 0 Å². The summed E-state index contributed by atoms with van der Waals surface area (Å²) in [5.41, 5.74) is 3.51. The number of rotatable bonds is 6. The predicted molar refractivity (Wildman–Crippen MR) is 131 cm³/mol. The highest BCUT2D eigenvalue weighted by molar-refractivity contribution is 7.89. The number of carboxylic acid groups (broad SMARTS) is 1. The van der Waals surface area contributed by atoms with Gasteiger partial charge in [-0.3, -0.25) is 4.79 Å². The van der Waals surface area contributed by atoms with E-state index in [1.165, 1.54) is 23.3 Å². The fourth-order valence-electron chi connectivity index (χ4n) is 4.76. The van der Waals surface area contributed by atoms with Gasteiger partial charge in [-0.2, -0.15) is 4.72 Å². The van der Waals surface area contributed by atoms with Crippen molar-refractivity contribution >= 4 is 27.6 Å². The molecule has 2 aliphatic rings. The third-order valence-electron chi connectivity index (χ3n) is 6.84. The quantitative estimate of drug-likeness (QED) is 0.532. The summed E-state index contributed by atoms with van der Waals surface area (Å²) in [5.74, 6) is -1.57. The summed E-state index contributed by atoms with van der Waals surface area (Å²) in [6.07, 6.45) is 1.18. The van der Waals surface area contributed by atoms with E-state index < -0.39 is 27.4 Å². The normalized spacial score (nSPS) is 22.2. The maximum absolute atomic E-state index is 13.1. The van der Waals surface area contributed by atoms with Gasteiger partial charge in [-0.15, -0.1) is 0 Å². The van der Waals surface area contributed by atoms with Crippen molar-refractivity contribution in [2.75, 3.05) is 13.6 Å². The third-order valence-corrected chi connectivity index (χ3v) is 8.61.